The number of piperidine rings is 2. The lowest BCUT2D eigenvalue weighted by Crippen LogP contribution is -2.55. The van der Waals surface area contributed by atoms with E-state index in [9.17, 15) is 4.79 Å². The van der Waals surface area contributed by atoms with Crippen molar-refractivity contribution in [1.29, 1.82) is 0 Å². The average Bonchev–Trinajstić information content (AvgIpc) is 2.49. The van der Waals surface area contributed by atoms with Gasteiger partial charge in [-0.05, 0) is 30.4 Å². The molecule has 2 fully saturated rings. The number of aromatic nitrogens is 1. The first-order chi connectivity index (χ1) is 9.78. The van der Waals surface area contributed by atoms with E-state index >= 15 is 0 Å². The monoisotopic (exact) mass is 274 g/mol. The summed E-state index contributed by atoms with van der Waals surface area (Å²) in [5.41, 5.74) is 7.17. The molecule has 1 aromatic heterocycles. The Kier molecular flexibility index (Phi) is 3.98. The largest absolute Gasteiger partial charge is 0.353 e. The van der Waals surface area contributed by atoms with E-state index in [1.54, 1.807) is 6.20 Å². The van der Waals surface area contributed by atoms with Gasteiger partial charge in [-0.2, -0.15) is 0 Å². The first-order valence-corrected chi connectivity index (χ1v) is 7.41. The van der Waals surface area contributed by atoms with Crippen LogP contribution in [0.4, 0.5) is 0 Å². The van der Waals surface area contributed by atoms with Gasteiger partial charge in [0.1, 0.15) is 0 Å². The molecule has 3 N–H and O–H groups in total. The molecule has 0 bridgehead atoms. The van der Waals surface area contributed by atoms with Gasteiger partial charge in [0.15, 0.2) is 0 Å². The molecule has 0 aliphatic carbocycles. The average molecular weight is 274 g/mol. The summed E-state index contributed by atoms with van der Waals surface area (Å²) in [6.07, 6.45) is 6.38. The molecule has 3 rings (SSSR count). The number of nitrogens with two attached hydrogens (primary N) is 1. The van der Waals surface area contributed by atoms with Crippen molar-refractivity contribution in [3.05, 3.63) is 30.1 Å². The Hall–Kier alpha value is -1.46. The van der Waals surface area contributed by atoms with Gasteiger partial charge in [0.2, 0.25) is 5.91 Å². The molecular formula is C15H22N4O. The third kappa shape index (κ3) is 2.69. The number of carbonyl (C=O) groups excluding carboxylic acids is 1. The Balaban J connectivity index is 1.70. The van der Waals surface area contributed by atoms with Crippen molar-refractivity contribution in [2.45, 2.75) is 31.3 Å². The first kappa shape index (κ1) is 13.5. The van der Waals surface area contributed by atoms with Crippen LogP contribution in [0.3, 0.4) is 0 Å². The van der Waals surface area contributed by atoms with E-state index in [0.29, 0.717) is 24.9 Å². The summed E-state index contributed by atoms with van der Waals surface area (Å²) >= 11 is 0. The molecule has 20 heavy (non-hydrogen) atoms. The van der Waals surface area contributed by atoms with Crippen molar-refractivity contribution in [2.75, 3.05) is 19.6 Å². The molecule has 0 spiro atoms. The van der Waals surface area contributed by atoms with Crippen molar-refractivity contribution in [3.8, 4) is 0 Å². The molecule has 1 aromatic rings. The number of amides is 1. The van der Waals surface area contributed by atoms with Crippen molar-refractivity contribution in [1.82, 2.24) is 15.2 Å². The molecule has 1 amide bonds. The second-order valence-corrected chi connectivity index (χ2v) is 5.79. The number of carbonyl (C=O) groups is 1. The minimum absolute atomic E-state index is 0.210. The van der Waals surface area contributed by atoms with Crippen LogP contribution in [0.5, 0.6) is 0 Å². The van der Waals surface area contributed by atoms with E-state index in [1.165, 1.54) is 5.56 Å². The zero-order chi connectivity index (χ0) is 13.9. The molecule has 108 valence electrons. The lowest BCUT2D eigenvalue weighted by atomic mass is 9.84. The van der Waals surface area contributed by atoms with E-state index in [1.807, 2.05) is 12.3 Å². The maximum atomic E-state index is 11.5. The Morgan fingerprint density at radius 3 is 3.15 bits per heavy atom. The SMILES string of the molecule is NCC(c1cccnc1)N1CCC2NC(=O)CCC2C1. The maximum absolute atomic E-state index is 11.5. The minimum Gasteiger partial charge on any atom is -0.353 e. The van der Waals surface area contributed by atoms with Gasteiger partial charge in [-0.15, -0.1) is 0 Å². The highest BCUT2D eigenvalue weighted by molar-refractivity contribution is 5.77. The van der Waals surface area contributed by atoms with Crippen LogP contribution >= 0.6 is 0 Å². The molecule has 2 saturated heterocycles. The molecule has 0 saturated carbocycles. The second-order valence-electron chi connectivity index (χ2n) is 5.79. The highest BCUT2D eigenvalue weighted by atomic mass is 16.1. The molecule has 3 unspecified atom stereocenters. The van der Waals surface area contributed by atoms with Crippen molar-refractivity contribution < 1.29 is 4.79 Å². The van der Waals surface area contributed by atoms with Crippen LogP contribution in [0.15, 0.2) is 24.5 Å². The summed E-state index contributed by atoms with van der Waals surface area (Å²) in [6.45, 7) is 2.61. The normalized spacial score (nSPS) is 28.6. The molecule has 5 heteroatoms. The predicted octanol–water partition coefficient (Wildman–Crippen LogP) is 0.682. The molecule has 0 radical (unpaired) electrons. The van der Waals surface area contributed by atoms with Crippen LogP contribution in [-0.2, 0) is 4.79 Å². The molecule has 5 nitrogen and oxygen atoms in total. The second kappa shape index (κ2) is 5.89. The molecule has 2 aliphatic heterocycles. The summed E-state index contributed by atoms with van der Waals surface area (Å²) in [7, 11) is 0. The van der Waals surface area contributed by atoms with Crippen molar-refractivity contribution in [2.24, 2.45) is 11.7 Å². The number of hydrogen-bond acceptors (Lipinski definition) is 4. The smallest absolute Gasteiger partial charge is 0.220 e. The van der Waals surface area contributed by atoms with Crippen molar-refractivity contribution >= 4 is 5.91 Å². The third-order valence-corrected chi connectivity index (χ3v) is 4.59. The summed E-state index contributed by atoms with van der Waals surface area (Å²) in [5, 5.41) is 3.13. The lowest BCUT2D eigenvalue weighted by Gasteiger charge is -2.44. The van der Waals surface area contributed by atoms with E-state index in [4.69, 9.17) is 5.73 Å². The zero-order valence-electron chi connectivity index (χ0n) is 11.7. The van der Waals surface area contributed by atoms with Gasteiger partial charge in [0.05, 0.1) is 0 Å². The molecule has 0 aromatic carbocycles. The quantitative estimate of drug-likeness (QED) is 0.850. The standard InChI is InChI=1S/C15H22N4O/c16-8-14(11-2-1-6-17-9-11)19-7-5-13-12(10-19)3-4-15(20)18-13/h1-2,6,9,12-14H,3-5,7-8,10,16H2,(H,18,20). The minimum atomic E-state index is 0.210. The topological polar surface area (TPSA) is 71.2 Å². The fraction of sp³-hybridized carbons (Fsp3) is 0.600. The van der Waals surface area contributed by atoms with E-state index in [0.717, 1.165) is 25.9 Å². The van der Waals surface area contributed by atoms with Gasteiger partial charge in [-0.25, -0.2) is 0 Å². The van der Waals surface area contributed by atoms with E-state index in [-0.39, 0.29) is 11.9 Å². The van der Waals surface area contributed by atoms with Crippen LogP contribution in [0.1, 0.15) is 30.9 Å². The van der Waals surface area contributed by atoms with Gasteiger partial charge < -0.3 is 11.1 Å². The maximum Gasteiger partial charge on any atom is 0.220 e. The van der Waals surface area contributed by atoms with E-state index < -0.39 is 0 Å². The Labute approximate surface area is 119 Å². The van der Waals surface area contributed by atoms with Crippen LogP contribution < -0.4 is 11.1 Å². The predicted molar refractivity (Wildman–Crippen MR) is 76.9 cm³/mol. The third-order valence-electron chi connectivity index (χ3n) is 4.59. The molecular weight excluding hydrogens is 252 g/mol. The summed E-state index contributed by atoms with van der Waals surface area (Å²) in [6, 6.07) is 4.66. The van der Waals surface area contributed by atoms with Gasteiger partial charge in [-0.1, -0.05) is 6.07 Å². The van der Waals surface area contributed by atoms with E-state index in [2.05, 4.69) is 21.3 Å². The molecule has 3 heterocycles. The summed E-state index contributed by atoms with van der Waals surface area (Å²) < 4.78 is 0. The van der Waals surface area contributed by atoms with Gasteiger partial charge in [-0.3, -0.25) is 14.7 Å². The Morgan fingerprint density at radius 2 is 2.40 bits per heavy atom. The number of rotatable bonds is 3. The number of pyridine rings is 1. The lowest BCUT2D eigenvalue weighted by molar-refractivity contribution is -0.125. The fourth-order valence-electron chi connectivity index (χ4n) is 3.49. The Bertz CT molecular complexity index is 464. The number of nitrogens with zero attached hydrogens (tertiary/aromatic N) is 2. The zero-order valence-corrected chi connectivity index (χ0v) is 11.7. The Morgan fingerprint density at radius 1 is 1.50 bits per heavy atom. The highest BCUT2D eigenvalue weighted by Gasteiger charge is 2.35. The van der Waals surface area contributed by atoms with Gasteiger partial charge >= 0.3 is 0 Å². The number of nitrogens with one attached hydrogen (secondary N) is 1. The number of fused-ring (bicyclic) bond motifs is 1. The van der Waals surface area contributed by atoms with Crippen LogP contribution in [0.25, 0.3) is 0 Å². The van der Waals surface area contributed by atoms with Crippen molar-refractivity contribution in [3.63, 3.8) is 0 Å². The number of hydrogen-bond donors (Lipinski definition) is 2. The first-order valence-electron chi connectivity index (χ1n) is 7.41. The molecule has 2 aliphatic rings. The fourth-order valence-corrected chi connectivity index (χ4v) is 3.49. The van der Waals surface area contributed by atoms with Crippen LogP contribution in [0, 0.1) is 5.92 Å². The van der Waals surface area contributed by atoms with Crippen LogP contribution in [-0.4, -0.2) is 41.5 Å². The summed E-state index contributed by atoms with van der Waals surface area (Å²) in [5.74, 6) is 0.773. The molecule has 3 atom stereocenters. The van der Waals surface area contributed by atoms with Crippen LogP contribution in [0.2, 0.25) is 0 Å². The number of likely N-dealkylation sites (tertiary alicyclic amines) is 1. The van der Waals surface area contributed by atoms with Gasteiger partial charge in [0, 0.05) is 50.5 Å². The highest BCUT2D eigenvalue weighted by Crippen LogP contribution is 2.30. The van der Waals surface area contributed by atoms with Gasteiger partial charge in [0.25, 0.3) is 0 Å². The summed E-state index contributed by atoms with van der Waals surface area (Å²) in [4.78, 5) is 18.1.